The van der Waals surface area contributed by atoms with Crippen LogP contribution in [0.15, 0.2) is 0 Å². The molecule has 0 atom stereocenters. The van der Waals surface area contributed by atoms with Crippen LogP contribution >= 0.6 is 0 Å². The summed E-state index contributed by atoms with van der Waals surface area (Å²) in [5.74, 6) is 7.43. The number of hydrazine groups is 1. The van der Waals surface area contributed by atoms with E-state index in [0.717, 1.165) is 12.0 Å². The first kappa shape index (κ1) is 13.7. The summed E-state index contributed by atoms with van der Waals surface area (Å²) in [6, 6.07) is 0. The highest BCUT2D eigenvalue weighted by Gasteiger charge is 2.15. The minimum atomic E-state index is -0.792. The number of aromatic nitrogens is 2. The highest BCUT2D eigenvalue weighted by atomic mass is 16.3. The van der Waals surface area contributed by atoms with Gasteiger partial charge in [0.1, 0.15) is 17.5 Å². The zero-order chi connectivity index (χ0) is 13.1. The number of nitrogens with zero attached hydrogens (tertiary/aromatic N) is 2. The van der Waals surface area contributed by atoms with Crippen molar-refractivity contribution >= 4 is 11.6 Å². The van der Waals surface area contributed by atoms with Gasteiger partial charge in [0.05, 0.1) is 5.60 Å². The van der Waals surface area contributed by atoms with Crippen LogP contribution in [0.4, 0.5) is 11.6 Å². The van der Waals surface area contributed by atoms with E-state index in [1.54, 1.807) is 13.8 Å². The molecule has 17 heavy (non-hydrogen) atoms. The van der Waals surface area contributed by atoms with Crippen molar-refractivity contribution in [2.75, 3.05) is 17.3 Å². The number of aliphatic hydroxyl groups is 1. The van der Waals surface area contributed by atoms with Gasteiger partial charge in [-0.05, 0) is 20.8 Å². The molecule has 0 aliphatic heterocycles. The molecular formula is C11H21N5O. The van der Waals surface area contributed by atoms with E-state index in [1.807, 2.05) is 13.8 Å². The zero-order valence-electron chi connectivity index (χ0n) is 10.8. The van der Waals surface area contributed by atoms with E-state index in [4.69, 9.17) is 5.84 Å². The van der Waals surface area contributed by atoms with E-state index >= 15 is 0 Å². The zero-order valence-corrected chi connectivity index (χ0v) is 10.8. The molecule has 0 radical (unpaired) electrons. The maximum atomic E-state index is 9.68. The molecule has 1 heterocycles. The Balaban J connectivity index is 2.97. The van der Waals surface area contributed by atoms with Crippen LogP contribution in [0.1, 0.15) is 32.2 Å². The second kappa shape index (κ2) is 5.29. The molecule has 0 unspecified atom stereocenters. The predicted octanol–water partition coefficient (Wildman–Crippen LogP) is 0.816. The third-order valence-corrected chi connectivity index (χ3v) is 2.33. The molecule has 0 saturated heterocycles. The molecule has 0 amide bonds. The van der Waals surface area contributed by atoms with E-state index in [-0.39, 0.29) is 0 Å². The van der Waals surface area contributed by atoms with Gasteiger partial charge >= 0.3 is 0 Å². The summed E-state index contributed by atoms with van der Waals surface area (Å²) < 4.78 is 0. The number of nitrogen functional groups attached to an aromatic ring is 1. The van der Waals surface area contributed by atoms with Crippen molar-refractivity contribution in [2.45, 2.75) is 39.7 Å². The van der Waals surface area contributed by atoms with Crippen molar-refractivity contribution in [3.05, 3.63) is 11.4 Å². The third-order valence-electron chi connectivity index (χ3n) is 2.33. The van der Waals surface area contributed by atoms with Crippen molar-refractivity contribution in [1.29, 1.82) is 0 Å². The van der Waals surface area contributed by atoms with Crippen molar-refractivity contribution in [3.63, 3.8) is 0 Å². The number of hydrogen-bond donors (Lipinski definition) is 4. The van der Waals surface area contributed by atoms with Gasteiger partial charge in [0.25, 0.3) is 0 Å². The van der Waals surface area contributed by atoms with Crippen LogP contribution in [0, 0.1) is 6.92 Å². The molecule has 0 fully saturated rings. The Morgan fingerprint density at radius 1 is 1.29 bits per heavy atom. The number of aryl methyl sites for hydroxylation is 1. The lowest BCUT2D eigenvalue weighted by Crippen LogP contribution is -2.30. The Morgan fingerprint density at radius 3 is 2.35 bits per heavy atom. The van der Waals surface area contributed by atoms with Gasteiger partial charge in [-0.15, -0.1) is 0 Å². The summed E-state index contributed by atoms with van der Waals surface area (Å²) in [6.07, 6.45) is 0.728. The molecule has 0 saturated carbocycles. The minimum absolute atomic E-state index is 0.415. The quantitative estimate of drug-likeness (QED) is 0.449. The molecule has 1 aromatic heterocycles. The fourth-order valence-corrected chi connectivity index (χ4v) is 1.33. The predicted molar refractivity (Wildman–Crippen MR) is 68.7 cm³/mol. The van der Waals surface area contributed by atoms with Crippen molar-refractivity contribution in [2.24, 2.45) is 5.84 Å². The van der Waals surface area contributed by atoms with E-state index in [2.05, 4.69) is 20.7 Å². The average molecular weight is 239 g/mol. The standard InChI is InChI=1S/C11H21N5O/c1-5-8-14-9(13-6-11(3,4)17)7(2)10(15-8)16-12/h17H,5-6,12H2,1-4H3,(H2,13,14,15,16). The second-order valence-electron chi connectivity index (χ2n) is 4.63. The van der Waals surface area contributed by atoms with Gasteiger partial charge in [0.2, 0.25) is 0 Å². The average Bonchev–Trinajstić information content (AvgIpc) is 2.26. The van der Waals surface area contributed by atoms with E-state index in [1.165, 1.54) is 0 Å². The van der Waals surface area contributed by atoms with Gasteiger partial charge < -0.3 is 15.8 Å². The topological polar surface area (TPSA) is 96.1 Å². The molecule has 6 nitrogen and oxygen atoms in total. The molecule has 1 rings (SSSR count). The Bertz CT molecular complexity index is 386. The van der Waals surface area contributed by atoms with Crippen molar-refractivity contribution in [1.82, 2.24) is 9.97 Å². The van der Waals surface area contributed by atoms with Crippen molar-refractivity contribution in [3.8, 4) is 0 Å². The van der Waals surface area contributed by atoms with Crippen LogP contribution in [0.25, 0.3) is 0 Å². The number of nitrogens with two attached hydrogens (primary N) is 1. The maximum absolute atomic E-state index is 9.68. The first-order valence-corrected chi connectivity index (χ1v) is 5.67. The lowest BCUT2D eigenvalue weighted by Gasteiger charge is -2.20. The Morgan fingerprint density at radius 2 is 1.88 bits per heavy atom. The first-order valence-electron chi connectivity index (χ1n) is 5.67. The summed E-state index contributed by atoms with van der Waals surface area (Å²) in [4.78, 5) is 8.64. The van der Waals surface area contributed by atoms with Gasteiger partial charge in [-0.1, -0.05) is 6.92 Å². The van der Waals surface area contributed by atoms with Gasteiger partial charge in [0.15, 0.2) is 0 Å². The Kier molecular flexibility index (Phi) is 4.25. The molecule has 1 aromatic rings. The largest absolute Gasteiger partial charge is 0.389 e. The van der Waals surface area contributed by atoms with Gasteiger partial charge in [-0.25, -0.2) is 15.8 Å². The van der Waals surface area contributed by atoms with E-state index in [0.29, 0.717) is 24.0 Å². The molecular weight excluding hydrogens is 218 g/mol. The normalized spacial score (nSPS) is 11.4. The smallest absolute Gasteiger partial charge is 0.148 e. The molecule has 0 aromatic carbocycles. The summed E-state index contributed by atoms with van der Waals surface area (Å²) >= 11 is 0. The van der Waals surface area contributed by atoms with Gasteiger partial charge in [-0.2, -0.15) is 0 Å². The number of rotatable bonds is 5. The lowest BCUT2D eigenvalue weighted by molar-refractivity contribution is 0.0944. The molecule has 0 aliphatic rings. The highest BCUT2D eigenvalue weighted by Crippen LogP contribution is 2.19. The summed E-state index contributed by atoms with van der Waals surface area (Å²) in [6.45, 7) is 7.74. The molecule has 5 N–H and O–H groups in total. The molecule has 6 heteroatoms. The molecule has 0 spiro atoms. The van der Waals surface area contributed by atoms with Gasteiger partial charge in [0, 0.05) is 18.5 Å². The Hall–Kier alpha value is -1.40. The number of hydrogen-bond acceptors (Lipinski definition) is 6. The van der Waals surface area contributed by atoms with Crippen LogP contribution in [-0.2, 0) is 6.42 Å². The molecule has 0 bridgehead atoms. The van der Waals surface area contributed by atoms with Crippen LogP contribution in [-0.4, -0.2) is 27.2 Å². The minimum Gasteiger partial charge on any atom is -0.389 e. The Labute approximate surface area is 102 Å². The number of anilines is 2. The number of nitrogens with one attached hydrogen (secondary N) is 2. The third kappa shape index (κ3) is 3.83. The van der Waals surface area contributed by atoms with E-state index < -0.39 is 5.60 Å². The molecule has 0 aliphatic carbocycles. The van der Waals surface area contributed by atoms with E-state index in [9.17, 15) is 5.11 Å². The summed E-state index contributed by atoms with van der Waals surface area (Å²) in [5.41, 5.74) is 2.60. The SMILES string of the molecule is CCc1nc(NN)c(C)c(NCC(C)(C)O)n1. The van der Waals surface area contributed by atoms with Crippen LogP contribution < -0.4 is 16.6 Å². The fraction of sp³-hybridized carbons (Fsp3) is 0.636. The lowest BCUT2D eigenvalue weighted by atomic mass is 10.1. The first-order chi connectivity index (χ1) is 7.87. The van der Waals surface area contributed by atoms with Gasteiger partial charge in [-0.3, -0.25) is 0 Å². The van der Waals surface area contributed by atoms with Crippen molar-refractivity contribution < 1.29 is 5.11 Å². The fourth-order valence-electron chi connectivity index (χ4n) is 1.33. The van der Waals surface area contributed by atoms with Crippen LogP contribution in [0.5, 0.6) is 0 Å². The molecule has 96 valence electrons. The summed E-state index contributed by atoms with van der Waals surface area (Å²) in [7, 11) is 0. The monoisotopic (exact) mass is 239 g/mol. The summed E-state index contributed by atoms with van der Waals surface area (Å²) in [5, 5.41) is 12.8. The second-order valence-corrected chi connectivity index (χ2v) is 4.63. The highest BCUT2D eigenvalue weighted by molar-refractivity contribution is 5.56. The van der Waals surface area contributed by atoms with Crippen LogP contribution in [0.2, 0.25) is 0 Å². The van der Waals surface area contributed by atoms with Crippen LogP contribution in [0.3, 0.4) is 0 Å². The maximum Gasteiger partial charge on any atom is 0.148 e.